The molecule has 10 heteroatoms. The van der Waals surface area contributed by atoms with E-state index in [4.69, 9.17) is 10.5 Å². The molecule has 0 unspecified atom stereocenters. The van der Waals surface area contributed by atoms with E-state index in [9.17, 15) is 14.0 Å². The predicted molar refractivity (Wildman–Crippen MR) is 151 cm³/mol. The Bertz CT molecular complexity index is 1400. The molecule has 6 N–H and O–H groups in total. The Hall–Kier alpha value is -4.86. The summed E-state index contributed by atoms with van der Waals surface area (Å²) < 4.78 is 18.3. The van der Waals surface area contributed by atoms with Gasteiger partial charge in [-0.1, -0.05) is 18.6 Å². The number of unbranched alkanes of at least 4 members (excludes halogenated alkanes) is 2. The standard InChI is InChI=1S/C29H31FN6O3/c1-39-23-13-11-22(12-14-23)33-21-9-6-19(7-10-21)26-18-27(36-35-26)29(38)32-16-4-2-3-5-28(37)34-25-15-8-20(30)17-24(25)31/h6-15,17-18,33H,2-5,16,31H2,1H3,(H,32,38)(H,34,37)(H,35,36). The summed E-state index contributed by atoms with van der Waals surface area (Å²) in [5.41, 5.74) is 10.1. The smallest absolute Gasteiger partial charge is 0.269 e. The number of nitrogens with two attached hydrogens (primary N) is 1. The highest BCUT2D eigenvalue weighted by Gasteiger charge is 2.11. The molecular weight excluding hydrogens is 499 g/mol. The lowest BCUT2D eigenvalue weighted by Gasteiger charge is -2.08. The Morgan fingerprint density at radius 2 is 1.67 bits per heavy atom. The number of hydrogen-bond donors (Lipinski definition) is 5. The highest BCUT2D eigenvalue weighted by Crippen LogP contribution is 2.24. The second-order valence-electron chi connectivity index (χ2n) is 8.94. The predicted octanol–water partition coefficient (Wildman–Crippen LogP) is 5.48. The van der Waals surface area contributed by atoms with Gasteiger partial charge < -0.3 is 26.4 Å². The van der Waals surface area contributed by atoms with Gasteiger partial charge in [-0.2, -0.15) is 5.10 Å². The van der Waals surface area contributed by atoms with Crippen LogP contribution in [0, 0.1) is 5.82 Å². The van der Waals surface area contributed by atoms with Gasteiger partial charge in [0.15, 0.2) is 0 Å². The van der Waals surface area contributed by atoms with Gasteiger partial charge in [0.05, 0.1) is 24.2 Å². The molecule has 0 saturated carbocycles. The summed E-state index contributed by atoms with van der Waals surface area (Å²) in [5, 5.41) is 15.9. The highest BCUT2D eigenvalue weighted by atomic mass is 19.1. The van der Waals surface area contributed by atoms with Crippen LogP contribution < -0.4 is 26.4 Å². The number of rotatable bonds is 12. The summed E-state index contributed by atoms with van der Waals surface area (Å²) in [6, 6.07) is 21.0. The van der Waals surface area contributed by atoms with Gasteiger partial charge in [0.1, 0.15) is 17.3 Å². The molecule has 4 aromatic rings. The fourth-order valence-corrected chi connectivity index (χ4v) is 3.90. The third kappa shape index (κ3) is 7.81. The molecule has 1 heterocycles. The molecule has 0 aliphatic heterocycles. The fraction of sp³-hybridized carbons (Fsp3) is 0.207. The summed E-state index contributed by atoms with van der Waals surface area (Å²) >= 11 is 0. The van der Waals surface area contributed by atoms with Crippen LogP contribution in [0.15, 0.2) is 72.8 Å². The zero-order chi connectivity index (χ0) is 27.6. The van der Waals surface area contributed by atoms with Crippen LogP contribution in [0.1, 0.15) is 36.2 Å². The average Bonchev–Trinajstić information content (AvgIpc) is 3.43. The number of carbonyl (C=O) groups excluding carboxylic acids is 2. The molecule has 0 bridgehead atoms. The first-order valence-corrected chi connectivity index (χ1v) is 12.6. The van der Waals surface area contributed by atoms with E-state index in [1.165, 1.54) is 18.2 Å². The molecule has 0 atom stereocenters. The van der Waals surface area contributed by atoms with Crippen molar-refractivity contribution >= 4 is 34.6 Å². The lowest BCUT2D eigenvalue weighted by molar-refractivity contribution is -0.116. The maximum absolute atomic E-state index is 13.1. The van der Waals surface area contributed by atoms with Gasteiger partial charge >= 0.3 is 0 Å². The molecule has 0 saturated heterocycles. The number of halogens is 1. The van der Waals surface area contributed by atoms with Gasteiger partial charge in [0, 0.05) is 29.9 Å². The molecule has 1 aromatic heterocycles. The van der Waals surface area contributed by atoms with Crippen molar-refractivity contribution < 1.29 is 18.7 Å². The molecule has 0 fully saturated rings. The average molecular weight is 531 g/mol. The van der Waals surface area contributed by atoms with Crippen LogP contribution in [0.5, 0.6) is 5.75 Å². The number of nitrogens with zero attached hydrogens (tertiary/aromatic N) is 1. The van der Waals surface area contributed by atoms with Crippen LogP contribution in [0.2, 0.25) is 0 Å². The van der Waals surface area contributed by atoms with Crippen molar-refractivity contribution in [1.29, 1.82) is 0 Å². The molecule has 39 heavy (non-hydrogen) atoms. The van der Waals surface area contributed by atoms with Gasteiger partial charge in [0.2, 0.25) is 5.91 Å². The van der Waals surface area contributed by atoms with Crippen molar-refractivity contribution in [3.63, 3.8) is 0 Å². The molecule has 4 rings (SSSR count). The number of benzene rings is 3. The summed E-state index contributed by atoms with van der Waals surface area (Å²) in [7, 11) is 1.63. The SMILES string of the molecule is COc1ccc(Nc2ccc(-c3cc(C(=O)NCCCCCC(=O)Nc4ccc(F)cc4N)[nH]n3)cc2)cc1. The van der Waals surface area contributed by atoms with Crippen LogP contribution in [0.3, 0.4) is 0 Å². The van der Waals surface area contributed by atoms with Crippen LogP contribution in [0.25, 0.3) is 11.3 Å². The minimum Gasteiger partial charge on any atom is -0.497 e. The molecule has 0 aliphatic carbocycles. The van der Waals surface area contributed by atoms with Gasteiger partial charge in [-0.3, -0.25) is 14.7 Å². The number of aromatic amines is 1. The van der Waals surface area contributed by atoms with E-state index in [0.717, 1.165) is 35.5 Å². The molecule has 2 amide bonds. The number of anilines is 4. The van der Waals surface area contributed by atoms with E-state index < -0.39 is 5.82 Å². The summed E-state index contributed by atoms with van der Waals surface area (Å²) in [5.74, 6) is -0.0839. The van der Waals surface area contributed by atoms with Gasteiger partial charge in [0.25, 0.3) is 5.91 Å². The number of nitrogen functional groups attached to an aromatic ring is 1. The van der Waals surface area contributed by atoms with Crippen LogP contribution in [-0.4, -0.2) is 35.7 Å². The third-order valence-electron chi connectivity index (χ3n) is 6.04. The quantitative estimate of drug-likeness (QED) is 0.122. The molecular formula is C29H31FN6O3. The van der Waals surface area contributed by atoms with E-state index in [-0.39, 0.29) is 17.5 Å². The second kappa shape index (κ2) is 13.1. The first-order valence-electron chi connectivity index (χ1n) is 12.6. The highest BCUT2D eigenvalue weighted by molar-refractivity contribution is 5.94. The number of nitrogens with one attached hydrogen (secondary N) is 4. The Kier molecular flexibility index (Phi) is 9.12. The Morgan fingerprint density at radius 1 is 0.949 bits per heavy atom. The van der Waals surface area contributed by atoms with Crippen LogP contribution in [0.4, 0.5) is 27.1 Å². The Morgan fingerprint density at radius 3 is 2.36 bits per heavy atom. The number of amides is 2. The monoisotopic (exact) mass is 530 g/mol. The Balaban J connectivity index is 1.16. The number of carbonyl (C=O) groups is 2. The van der Waals surface area contributed by atoms with Crippen molar-refractivity contribution in [3.8, 4) is 17.0 Å². The second-order valence-corrected chi connectivity index (χ2v) is 8.94. The largest absolute Gasteiger partial charge is 0.497 e. The first-order chi connectivity index (χ1) is 18.9. The summed E-state index contributed by atoms with van der Waals surface area (Å²) in [4.78, 5) is 24.6. The first kappa shape index (κ1) is 27.2. The molecule has 3 aromatic carbocycles. The Labute approximate surface area is 226 Å². The van der Waals surface area contributed by atoms with Crippen molar-refractivity contribution in [2.24, 2.45) is 0 Å². The normalized spacial score (nSPS) is 10.6. The van der Waals surface area contributed by atoms with Gasteiger partial charge in [-0.05, 0) is 73.5 Å². The van der Waals surface area contributed by atoms with Crippen molar-refractivity contribution in [2.75, 3.05) is 30.0 Å². The van der Waals surface area contributed by atoms with Gasteiger partial charge in [-0.15, -0.1) is 0 Å². The van der Waals surface area contributed by atoms with Crippen LogP contribution in [-0.2, 0) is 4.79 Å². The topological polar surface area (TPSA) is 134 Å². The number of H-pyrrole nitrogens is 1. The maximum atomic E-state index is 13.1. The zero-order valence-electron chi connectivity index (χ0n) is 21.6. The summed E-state index contributed by atoms with van der Waals surface area (Å²) in [6.45, 7) is 0.478. The fourth-order valence-electron chi connectivity index (χ4n) is 3.90. The third-order valence-corrected chi connectivity index (χ3v) is 6.04. The van der Waals surface area contributed by atoms with Crippen molar-refractivity contribution in [3.05, 3.63) is 84.3 Å². The maximum Gasteiger partial charge on any atom is 0.269 e. The van der Waals surface area contributed by atoms with E-state index >= 15 is 0 Å². The zero-order valence-corrected chi connectivity index (χ0v) is 21.6. The summed E-state index contributed by atoms with van der Waals surface area (Å²) in [6.07, 6.45) is 2.45. The number of ether oxygens (including phenoxy) is 1. The molecule has 9 nitrogen and oxygen atoms in total. The lowest BCUT2D eigenvalue weighted by Crippen LogP contribution is -2.24. The van der Waals surface area contributed by atoms with E-state index in [2.05, 4.69) is 26.1 Å². The molecule has 0 radical (unpaired) electrons. The minimum absolute atomic E-state index is 0.187. The molecule has 0 spiro atoms. The number of hydrogen-bond acceptors (Lipinski definition) is 6. The lowest BCUT2D eigenvalue weighted by atomic mass is 10.1. The number of methoxy groups -OCH3 is 1. The van der Waals surface area contributed by atoms with E-state index in [1.807, 2.05) is 48.5 Å². The van der Waals surface area contributed by atoms with Crippen molar-refractivity contribution in [2.45, 2.75) is 25.7 Å². The molecule has 0 aliphatic rings. The number of aromatic nitrogens is 2. The minimum atomic E-state index is -0.452. The van der Waals surface area contributed by atoms with E-state index in [1.54, 1.807) is 13.2 Å². The molecule has 202 valence electrons. The van der Waals surface area contributed by atoms with Gasteiger partial charge in [-0.25, -0.2) is 4.39 Å². The van der Waals surface area contributed by atoms with Crippen molar-refractivity contribution in [1.82, 2.24) is 15.5 Å². The van der Waals surface area contributed by atoms with Crippen LogP contribution >= 0.6 is 0 Å². The van der Waals surface area contributed by atoms with E-state index in [0.29, 0.717) is 36.5 Å².